The summed E-state index contributed by atoms with van der Waals surface area (Å²) in [6.07, 6.45) is 2.98. The predicted molar refractivity (Wildman–Crippen MR) is 192 cm³/mol. The number of fused-ring (bicyclic) bond motifs is 1. The van der Waals surface area contributed by atoms with E-state index in [-0.39, 0.29) is 19.0 Å². The van der Waals surface area contributed by atoms with Crippen LogP contribution in [0.2, 0.25) is 0 Å². The van der Waals surface area contributed by atoms with Gasteiger partial charge in [0, 0.05) is 33.5 Å². The minimum absolute atomic E-state index is 0.0446. The van der Waals surface area contributed by atoms with E-state index in [1.807, 2.05) is 0 Å². The Balaban J connectivity index is 1.46. The van der Waals surface area contributed by atoms with Crippen LogP contribution in [0.5, 0.6) is 0 Å². The summed E-state index contributed by atoms with van der Waals surface area (Å²) in [6, 6.07) is 0. The zero-order valence-corrected chi connectivity index (χ0v) is 33.2. The quantitative estimate of drug-likeness (QED) is 0.106. The molecule has 17 nitrogen and oxygen atoms in total. The number of unbranched alkanes of at least 4 members (excludes halogenated alkanes) is 4. The van der Waals surface area contributed by atoms with Gasteiger partial charge in [-0.1, -0.05) is 53.4 Å². The highest BCUT2D eigenvalue weighted by Crippen LogP contribution is 2.40. The lowest BCUT2D eigenvalue weighted by atomic mass is 9.94. The van der Waals surface area contributed by atoms with Gasteiger partial charge in [0.1, 0.15) is 55.7 Å². The monoisotopic (exact) mass is 772 g/mol. The third kappa shape index (κ3) is 12.1. The van der Waals surface area contributed by atoms with Crippen LogP contribution in [0, 0.1) is 5.41 Å². The van der Waals surface area contributed by atoms with Crippen molar-refractivity contribution in [2.24, 2.45) is 11.1 Å². The van der Waals surface area contributed by atoms with Crippen molar-refractivity contribution < 1.29 is 61.7 Å². The highest BCUT2D eigenvalue weighted by Gasteiger charge is 2.55. The van der Waals surface area contributed by atoms with E-state index in [9.17, 15) is 9.59 Å². The van der Waals surface area contributed by atoms with E-state index in [2.05, 4.69) is 37.8 Å². The van der Waals surface area contributed by atoms with Gasteiger partial charge in [0.2, 0.25) is 5.82 Å². The summed E-state index contributed by atoms with van der Waals surface area (Å²) < 4.78 is 68.9. The summed E-state index contributed by atoms with van der Waals surface area (Å²) in [4.78, 5) is 29.2. The number of hydrogen-bond donors (Lipinski definition) is 1. The summed E-state index contributed by atoms with van der Waals surface area (Å²) in [6.45, 7) is 13.2. The topological polar surface area (TPSA) is 192 Å². The van der Waals surface area contributed by atoms with Crippen LogP contribution in [0.15, 0.2) is 6.33 Å². The third-order valence-electron chi connectivity index (χ3n) is 9.48. The van der Waals surface area contributed by atoms with E-state index in [0.717, 1.165) is 51.4 Å². The maximum atomic E-state index is 13.7. The van der Waals surface area contributed by atoms with E-state index < -0.39 is 79.0 Å². The maximum absolute atomic E-state index is 13.7. The van der Waals surface area contributed by atoms with Gasteiger partial charge in [0.25, 0.3) is 12.4 Å². The highest BCUT2D eigenvalue weighted by atomic mass is 16.9. The van der Waals surface area contributed by atoms with Gasteiger partial charge in [-0.2, -0.15) is 0 Å². The summed E-state index contributed by atoms with van der Waals surface area (Å²) in [7, 11) is 1.44. The second-order valence-electron chi connectivity index (χ2n) is 14.5. The lowest BCUT2D eigenvalue weighted by molar-refractivity contribution is -0.326. The van der Waals surface area contributed by atoms with Gasteiger partial charge < -0.3 is 57.8 Å². The van der Waals surface area contributed by atoms with Gasteiger partial charge in [0.15, 0.2) is 12.5 Å². The van der Waals surface area contributed by atoms with Crippen molar-refractivity contribution in [3.63, 3.8) is 0 Å². The molecule has 0 spiro atoms. The fourth-order valence-corrected chi connectivity index (χ4v) is 6.23. The summed E-state index contributed by atoms with van der Waals surface area (Å²) in [5.74, 6) is -1.49. The number of methoxy groups -OCH3 is 1. The van der Waals surface area contributed by atoms with Gasteiger partial charge in [-0.25, -0.2) is 9.67 Å². The molecular formula is C37H64N4O13. The number of carbonyl (C=O) groups excluding carboxylic acids is 2. The smallest absolute Gasteiger partial charge is 0.313 e. The van der Waals surface area contributed by atoms with Crippen molar-refractivity contribution in [1.82, 2.24) is 14.8 Å². The molecular weight excluding hydrogens is 708 g/mol. The first-order valence-corrected chi connectivity index (χ1v) is 19.6. The Labute approximate surface area is 319 Å². The molecule has 54 heavy (non-hydrogen) atoms. The number of carbonyl (C=O) groups is 2. The molecule has 0 bridgehead atoms. The number of hydrogen-bond acceptors (Lipinski definition) is 15. The maximum Gasteiger partial charge on any atom is 0.313 e. The van der Waals surface area contributed by atoms with Crippen molar-refractivity contribution in [2.45, 2.75) is 155 Å². The first-order valence-electron chi connectivity index (χ1n) is 19.6. The van der Waals surface area contributed by atoms with Crippen molar-refractivity contribution in [3.8, 4) is 0 Å². The molecule has 1 aromatic heterocycles. The molecule has 4 rings (SSSR count). The molecule has 3 saturated heterocycles. The standard InChI is InChI=1S/C37H64N4O13/c1-8-12-16-45-20-24-26(46-17-13-9-2)28(47-18-14-10-3)30(48-19-15-11-4)34(52-24)50-22-37(5,6)35(43)49-21-25-27-29(54-36(44-7)53-27)33(51-25)41-23-39-32(40-41)31(38)42/h23-30,33-34,36H,8-22H2,1-7H3,(H2,38,42)/t24?,25-,26+,27-,28?,29-,30?,33-,34-,36?/m1/s1. The average molecular weight is 773 g/mol. The minimum atomic E-state index is -1.11. The Kier molecular flexibility index (Phi) is 18.4. The van der Waals surface area contributed by atoms with Crippen molar-refractivity contribution in [1.29, 1.82) is 0 Å². The average Bonchev–Trinajstić information content (AvgIpc) is 3.90. The molecule has 1 aromatic rings. The van der Waals surface area contributed by atoms with E-state index in [1.165, 1.54) is 18.1 Å². The van der Waals surface area contributed by atoms with Gasteiger partial charge in [0.05, 0.1) is 18.6 Å². The van der Waals surface area contributed by atoms with Crippen LogP contribution in [0.3, 0.4) is 0 Å². The summed E-state index contributed by atoms with van der Waals surface area (Å²) in [5, 5.41) is 4.11. The molecule has 1 amide bonds. The van der Waals surface area contributed by atoms with Gasteiger partial charge in [-0.05, 0) is 39.5 Å². The van der Waals surface area contributed by atoms with E-state index in [1.54, 1.807) is 13.8 Å². The van der Waals surface area contributed by atoms with Gasteiger partial charge in [-0.3, -0.25) is 9.59 Å². The first kappa shape index (κ1) is 44.4. The first-order chi connectivity index (χ1) is 26.1. The molecule has 2 N–H and O–H groups in total. The molecule has 10 atom stereocenters. The zero-order valence-electron chi connectivity index (χ0n) is 33.2. The number of amides is 1. The van der Waals surface area contributed by atoms with Crippen LogP contribution in [0.25, 0.3) is 0 Å². The largest absolute Gasteiger partial charge is 0.462 e. The Morgan fingerprint density at radius 3 is 2.00 bits per heavy atom. The Morgan fingerprint density at radius 1 is 0.778 bits per heavy atom. The van der Waals surface area contributed by atoms with Crippen LogP contribution >= 0.6 is 0 Å². The van der Waals surface area contributed by atoms with Crippen LogP contribution in [0.1, 0.15) is 110 Å². The Bertz CT molecular complexity index is 1250. The molecule has 17 heteroatoms. The predicted octanol–water partition coefficient (Wildman–Crippen LogP) is 3.67. The molecule has 4 heterocycles. The second kappa shape index (κ2) is 22.4. The molecule has 0 radical (unpaired) electrons. The van der Waals surface area contributed by atoms with Crippen molar-refractivity contribution in [2.75, 3.05) is 53.4 Å². The molecule has 310 valence electrons. The van der Waals surface area contributed by atoms with Crippen LogP contribution < -0.4 is 5.73 Å². The number of esters is 1. The molecule has 3 fully saturated rings. The minimum Gasteiger partial charge on any atom is -0.462 e. The van der Waals surface area contributed by atoms with E-state index in [4.69, 9.17) is 57.8 Å². The number of primary amides is 1. The van der Waals surface area contributed by atoms with Crippen LogP contribution in [0.4, 0.5) is 0 Å². The Morgan fingerprint density at radius 2 is 1.39 bits per heavy atom. The summed E-state index contributed by atoms with van der Waals surface area (Å²) in [5.41, 5.74) is 4.22. The molecule has 0 saturated carbocycles. The van der Waals surface area contributed by atoms with Gasteiger partial charge >= 0.3 is 5.97 Å². The second-order valence-corrected chi connectivity index (χ2v) is 14.5. The number of nitrogens with zero attached hydrogens (tertiary/aromatic N) is 3. The van der Waals surface area contributed by atoms with Crippen LogP contribution in [-0.2, 0) is 56.9 Å². The zero-order chi connectivity index (χ0) is 39.1. The SMILES string of the molecule is CCCCOCC1O[C@@H](OCC(C)(C)C(=O)OC[C@H]2O[C@@H](n3cnc(C(N)=O)n3)[C@@H]3OC(OC)O[C@@H]32)C(OCCCC)C(OCCCC)[C@H]1OCCCC. The van der Waals surface area contributed by atoms with Crippen LogP contribution in [-0.4, -0.2) is 135 Å². The Hall–Kier alpha value is -2.32. The van der Waals surface area contributed by atoms with E-state index >= 15 is 0 Å². The number of rotatable bonds is 26. The number of aromatic nitrogens is 3. The molecule has 3 aliphatic heterocycles. The number of nitrogens with two attached hydrogens (primary N) is 1. The fourth-order valence-electron chi connectivity index (χ4n) is 6.23. The summed E-state index contributed by atoms with van der Waals surface area (Å²) >= 11 is 0. The normalized spacial score (nSPS) is 29.8. The molecule has 3 aliphatic rings. The van der Waals surface area contributed by atoms with Crippen molar-refractivity contribution in [3.05, 3.63) is 12.2 Å². The lowest BCUT2D eigenvalue weighted by Gasteiger charge is -2.46. The molecule has 0 aliphatic carbocycles. The van der Waals surface area contributed by atoms with Crippen molar-refractivity contribution >= 4 is 11.9 Å². The molecule has 4 unspecified atom stereocenters. The van der Waals surface area contributed by atoms with Gasteiger partial charge in [-0.15, -0.1) is 5.10 Å². The third-order valence-corrected chi connectivity index (χ3v) is 9.48. The fraction of sp³-hybridized carbons (Fsp3) is 0.892. The van der Waals surface area contributed by atoms with E-state index in [0.29, 0.717) is 33.0 Å². The molecule has 0 aromatic carbocycles. The number of ether oxygens (including phenoxy) is 11. The highest BCUT2D eigenvalue weighted by molar-refractivity contribution is 5.88. The lowest BCUT2D eigenvalue weighted by Crippen LogP contribution is -2.62.